The lowest BCUT2D eigenvalue weighted by molar-refractivity contribution is 0.332. The highest BCUT2D eigenvalue weighted by atomic mass is 14.6. The summed E-state index contributed by atoms with van der Waals surface area (Å²) in [5, 5.41) is 0. The molecule has 1 aliphatic carbocycles. The van der Waals surface area contributed by atoms with Gasteiger partial charge in [-0.2, -0.15) is 0 Å². The maximum atomic E-state index is 4.41. The van der Waals surface area contributed by atoms with Gasteiger partial charge in [-0.1, -0.05) is 52.0 Å². The molecule has 1 heterocycles. The molecule has 0 bridgehead atoms. The zero-order valence-corrected chi connectivity index (χ0v) is 15.0. The summed E-state index contributed by atoms with van der Waals surface area (Å²) in [6.07, 6.45) is 6.52. The highest BCUT2D eigenvalue weighted by Gasteiger charge is 2.36. The maximum Gasteiger partial charge on any atom is 0.0632 e. The number of aromatic nitrogens is 1. The summed E-state index contributed by atoms with van der Waals surface area (Å²) in [4.78, 5) is 4.41. The van der Waals surface area contributed by atoms with Crippen molar-refractivity contribution in [1.82, 2.24) is 4.98 Å². The molecule has 23 heavy (non-hydrogen) atoms. The highest BCUT2D eigenvalue weighted by Crippen LogP contribution is 2.46. The monoisotopic (exact) mass is 305 g/mol. The predicted molar refractivity (Wildman–Crippen MR) is 99.5 cm³/mol. The van der Waals surface area contributed by atoms with Gasteiger partial charge in [0, 0.05) is 6.20 Å². The van der Waals surface area contributed by atoms with Gasteiger partial charge in [-0.15, -0.1) is 0 Å². The van der Waals surface area contributed by atoms with E-state index in [-0.39, 0.29) is 10.8 Å². The van der Waals surface area contributed by atoms with Crippen LogP contribution in [0.2, 0.25) is 0 Å². The van der Waals surface area contributed by atoms with Gasteiger partial charge in [0.15, 0.2) is 0 Å². The normalized spacial score (nSPS) is 19.3. The summed E-state index contributed by atoms with van der Waals surface area (Å²) in [6, 6.07) is 13.1. The van der Waals surface area contributed by atoms with Gasteiger partial charge in [0.1, 0.15) is 0 Å². The van der Waals surface area contributed by atoms with E-state index in [2.05, 4.69) is 69.9 Å². The molecule has 1 aromatic carbocycles. The molecule has 0 saturated heterocycles. The quantitative estimate of drug-likeness (QED) is 0.664. The van der Waals surface area contributed by atoms with Crippen molar-refractivity contribution in [2.75, 3.05) is 0 Å². The average molecular weight is 305 g/mol. The first kappa shape index (κ1) is 16.0. The van der Waals surface area contributed by atoms with Crippen molar-refractivity contribution < 1.29 is 0 Å². The average Bonchev–Trinajstić information content (AvgIpc) is 2.52. The SMILES string of the molecule is C/C(=C/c1ccccn1)c1ccc2c(c1)C(C)(C)CCC2(C)C. The molecule has 0 spiro atoms. The van der Waals surface area contributed by atoms with Gasteiger partial charge < -0.3 is 0 Å². The number of hydrogen-bond acceptors (Lipinski definition) is 1. The fourth-order valence-electron chi connectivity index (χ4n) is 3.60. The van der Waals surface area contributed by atoms with E-state index in [4.69, 9.17) is 0 Å². The standard InChI is InChI=1S/C22H27N/c1-16(14-18-8-6-7-13-23-18)17-9-10-19-20(15-17)22(4,5)12-11-21(19,2)3/h6-10,13-15H,11-12H2,1-5H3/b16-14-. The minimum absolute atomic E-state index is 0.256. The van der Waals surface area contributed by atoms with Crippen LogP contribution in [-0.2, 0) is 10.8 Å². The topological polar surface area (TPSA) is 12.9 Å². The number of rotatable bonds is 2. The summed E-state index contributed by atoms with van der Waals surface area (Å²) >= 11 is 0. The number of hydrogen-bond donors (Lipinski definition) is 0. The molecule has 0 N–H and O–H groups in total. The molecule has 0 atom stereocenters. The van der Waals surface area contributed by atoms with Crippen molar-refractivity contribution in [2.24, 2.45) is 0 Å². The zero-order chi connectivity index (χ0) is 16.7. The van der Waals surface area contributed by atoms with Crippen LogP contribution in [-0.4, -0.2) is 4.98 Å². The van der Waals surface area contributed by atoms with Crippen LogP contribution in [0.5, 0.6) is 0 Å². The lowest BCUT2D eigenvalue weighted by atomic mass is 9.63. The molecule has 1 nitrogen and oxygen atoms in total. The molecule has 0 fully saturated rings. The van der Waals surface area contributed by atoms with Crippen molar-refractivity contribution in [3.8, 4) is 0 Å². The van der Waals surface area contributed by atoms with Crippen LogP contribution in [0.3, 0.4) is 0 Å². The number of fused-ring (bicyclic) bond motifs is 1. The van der Waals surface area contributed by atoms with Gasteiger partial charge in [-0.05, 0) is 71.1 Å². The van der Waals surface area contributed by atoms with E-state index < -0.39 is 0 Å². The molecule has 1 aliphatic rings. The lowest BCUT2D eigenvalue weighted by Gasteiger charge is -2.42. The van der Waals surface area contributed by atoms with Gasteiger partial charge in [0.25, 0.3) is 0 Å². The van der Waals surface area contributed by atoms with Crippen LogP contribution in [0.1, 0.15) is 69.8 Å². The van der Waals surface area contributed by atoms with Gasteiger partial charge in [0.05, 0.1) is 5.69 Å². The first-order chi connectivity index (χ1) is 10.8. The number of benzene rings is 1. The number of pyridine rings is 1. The second-order valence-electron chi connectivity index (χ2n) is 8.11. The molecule has 0 aliphatic heterocycles. The molecule has 0 unspecified atom stereocenters. The van der Waals surface area contributed by atoms with E-state index in [1.807, 2.05) is 18.3 Å². The third-order valence-electron chi connectivity index (χ3n) is 5.36. The minimum Gasteiger partial charge on any atom is -0.257 e. The largest absolute Gasteiger partial charge is 0.257 e. The summed E-state index contributed by atoms with van der Waals surface area (Å²) in [6.45, 7) is 11.7. The molecule has 1 heteroatoms. The van der Waals surface area contributed by atoms with E-state index in [0.717, 1.165) is 5.69 Å². The van der Waals surface area contributed by atoms with Gasteiger partial charge in [-0.25, -0.2) is 0 Å². The molecular weight excluding hydrogens is 278 g/mol. The van der Waals surface area contributed by atoms with E-state index in [1.165, 1.54) is 35.1 Å². The molecule has 0 radical (unpaired) electrons. The van der Waals surface area contributed by atoms with Crippen LogP contribution in [0, 0.1) is 0 Å². The number of allylic oxidation sites excluding steroid dienone is 1. The van der Waals surface area contributed by atoms with Crippen LogP contribution in [0.25, 0.3) is 11.6 Å². The molecule has 120 valence electrons. The first-order valence-electron chi connectivity index (χ1n) is 8.54. The second kappa shape index (κ2) is 5.63. The third kappa shape index (κ3) is 3.10. The van der Waals surface area contributed by atoms with Gasteiger partial charge in [0.2, 0.25) is 0 Å². The molecule has 2 aromatic rings. The fraction of sp³-hybridized carbons (Fsp3) is 0.409. The molecule has 3 rings (SSSR count). The summed E-state index contributed by atoms with van der Waals surface area (Å²) in [5.74, 6) is 0. The van der Waals surface area contributed by atoms with Crippen molar-refractivity contribution in [3.63, 3.8) is 0 Å². The molecule has 1 aromatic heterocycles. The Kier molecular flexibility index (Phi) is 3.91. The van der Waals surface area contributed by atoms with E-state index in [0.29, 0.717) is 0 Å². The lowest BCUT2D eigenvalue weighted by Crippen LogP contribution is -2.33. The van der Waals surface area contributed by atoms with Crippen LogP contribution in [0.15, 0.2) is 42.6 Å². The summed E-state index contributed by atoms with van der Waals surface area (Å²) in [5.41, 5.74) is 7.16. The van der Waals surface area contributed by atoms with Crippen molar-refractivity contribution in [2.45, 2.75) is 58.3 Å². The summed E-state index contributed by atoms with van der Waals surface area (Å²) < 4.78 is 0. The Bertz CT molecular complexity index is 736. The highest BCUT2D eigenvalue weighted by molar-refractivity contribution is 5.79. The zero-order valence-electron chi connectivity index (χ0n) is 15.0. The maximum absolute atomic E-state index is 4.41. The summed E-state index contributed by atoms with van der Waals surface area (Å²) in [7, 11) is 0. The van der Waals surface area contributed by atoms with Gasteiger partial charge >= 0.3 is 0 Å². The smallest absolute Gasteiger partial charge is 0.0632 e. The first-order valence-corrected chi connectivity index (χ1v) is 8.54. The van der Waals surface area contributed by atoms with E-state index >= 15 is 0 Å². The van der Waals surface area contributed by atoms with Gasteiger partial charge in [-0.3, -0.25) is 4.98 Å². The Labute approximate surface area is 140 Å². The van der Waals surface area contributed by atoms with Crippen molar-refractivity contribution in [3.05, 3.63) is 65.0 Å². The number of nitrogens with zero attached hydrogens (tertiary/aromatic N) is 1. The predicted octanol–water partition coefficient (Wildman–Crippen LogP) is 5.99. The molecule has 0 saturated carbocycles. The Balaban J connectivity index is 2.05. The Morgan fingerprint density at radius 2 is 1.65 bits per heavy atom. The second-order valence-corrected chi connectivity index (χ2v) is 8.11. The molecule has 0 amide bonds. The van der Waals surface area contributed by atoms with Crippen LogP contribution in [0.4, 0.5) is 0 Å². The molecular formula is C22H27N. The third-order valence-corrected chi connectivity index (χ3v) is 5.36. The van der Waals surface area contributed by atoms with Crippen molar-refractivity contribution in [1.29, 1.82) is 0 Å². The Hall–Kier alpha value is -1.89. The Morgan fingerprint density at radius 3 is 2.30 bits per heavy atom. The minimum atomic E-state index is 0.256. The van der Waals surface area contributed by atoms with E-state index in [9.17, 15) is 0 Å². The fourth-order valence-corrected chi connectivity index (χ4v) is 3.60. The van der Waals surface area contributed by atoms with Crippen LogP contribution < -0.4 is 0 Å². The van der Waals surface area contributed by atoms with Crippen molar-refractivity contribution >= 4 is 11.6 Å². The van der Waals surface area contributed by atoms with E-state index in [1.54, 1.807) is 0 Å². The Morgan fingerprint density at radius 1 is 0.957 bits per heavy atom. The van der Waals surface area contributed by atoms with Crippen LogP contribution >= 0.6 is 0 Å².